The van der Waals surface area contributed by atoms with Crippen molar-refractivity contribution in [3.8, 4) is 0 Å². The van der Waals surface area contributed by atoms with Crippen LogP contribution in [0.3, 0.4) is 0 Å². The minimum atomic E-state index is -2.09. The van der Waals surface area contributed by atoms with Crippen molar-refractivity contribution in [2.75, 3.05) is 19.0 Å². The Hall–Kier alpha value is -4.33. The van der Waals surface area contributed by atoms with Crippen molar-refractivity contribution in [2.45, 2.75) is 24.9 Å². The molecule has 0 radical (unpaired) electrons. The number of amides is 2. The topological polar surface area (TPSA) is 43.9 Å². The van der Waals surface area contributed by atoms with Gasteiger partial charge in [0.05, 0.1) is 0 Å². The molecule has 5 nitrogen and oxygen atoms in total. The van der Waals surface area contributed by atoms with Crippen LogP contribution in [0, 0.1) is 0 Å². The summed E-state index contributed by atoms with van der Waals surface area (Å²) in [7, 11) is 1.19. The number of nitrogens with zero attached hydrogens (tertiary/aromatic N) is 3. The normalized spacial score (nSPS) is 18.0. The Morgan fingerprint density at radius 2 is 1.32 bits per heavy atom. The molecule has 8 heteroatoms. The molecular formula is C39H31N3O2SSeSi. The predicted molar refractivity (Wildman–Crippen MR) is 196 cm³/mol. The van der Waals surface area contributed by atoms with Gasteiger partial charge in [-0.15, -0.1) is 0 Å². The number of hydrogen-bond donors (Lipinski definition) is 0. The van der Waals surface area contributed by atoms with E-state index in [1.54, 1.807) is 14.1 Å². The molecule has 0 unspecified atom stereocenters. The van der Waals surface area contributed by atoms with Crippen LogP contribution in [0.5, 0.6) is 0 Å². The first-order chi connectivity index (χ1) is 22.7. The van der Waals surface area contributed by atoms with E-state index in [0.717, 1.165) is 10.9 Å². The van der Waals surface area contributed by atoms with Gasteiger partial charge in [0.2, 0.25) is 0 Å². The van der Waals surface area contributed by atoms with Crippen molar-refractivity contribution in [2.24, 2.45) is 0 Å². The molecule has 0 N–H and O–H groups in total. The van der Waals surface area contributed by atoms with E-state index in [2.05, 4.69) is 115 Å². The van der Waals surface area contributed by atoms with Crippen molar-refractivity contribution in [1.29, 1.82) is 0 Å². The maximum atomic E-state index is 13.5. The summed E-state index contributed by atoms with van der Waals surface area (Å²) in [6.07, 6.45) is 2.72. The monoisotopic (exact) mass is 713 g/mol. The fourth-order valence-electron chi connectivity index (χ4n) is 8.44. The molecule has 0 saturated carbocycles. The first-order valence-electron chi connectivity index (χ1n) is 15.8. The average Bonchev–Trinajstić information content (AvgIpc) is 3.52. The second-order valence-corrected chi connectivity index (χ2v) is 20.3. The van der Waals surface area contributed by atoms with Gasteiger partial charge in [-0.05, 0) is 0 Å². The zero-order valence-corrected chi connectivity index (χ0v) is 30.0. The zero-order valence-electron chi connectivity index (χ0n) is 26.5. The van der Waals surface area contributed by atoms with E-state index in [9.17, 15) is 9.59 Å². The zero-order chi connectivity index (χ0) is 32.4. The van der Waals surface area contributed by atoms with Crippen LogP contribution in [0.15, 0.2) is 103 Å². The molecule has 0 bridgehead atoms. The van der Waals surface area contributed by atoms with E-state index < -0.39 is 13.5 Å². The minimum absolute atomic E-state index is 0.154. The van der Waals surface area contributed by atoms with Crippen molar-refractivity contribution < 1.29 is 9.59 Å². The fraction of sp³-hybridized carbons (Fsp3) is 0.154. The number of likely N-dealkylation sites (N-methyl/N-ethyl adjacent to an activating group) is 2. The first-order valence-corrected chi connectivity index (χ1v) is 20.9. The number of para-hydroxylation sites is 2. The summed E-state index contributed by atoms with van der Waals surface area (Å²) < 4.78 is 2.27. The molecule has 230 valence electrons. The summed E-state index contributed by atoms with van der Waals surface area (Å²) in [5.41, 5.74) is 10.0. The van der Waals surface area contributed by atoms with E-state index >= 15 is 0 Å². The molecule has 1 aromatic heterocycles. The second kappa shape index (κ2) is 9.84. The summed E-state index contributed by atoms with van der Waals surface area (Å²) >= 11 is 5.19. The number of rotatable bonds is 1. The molecule has 1 aliphatic carbocycles. The predicted octanol–water partition coefficient (Wildman–Crippen LogP) is 5.55. The van der Waals surface area contributed by atoms with Crippen molar-refractivity contribution in [3.63, 3.8) is 0 Å². The van der Waals surface area contributed by atoms with Crippen LogP contribution in [0.25, 0.3) is 6.08 Å². The van der Waals surface area contributed by atoms with Gasteiger partial charge in [0.25, 0.3) is 0 Å². The first kappa shape index (κ1) is 28.9. The van der Waals surface area contributed by atoms with Gasteiger partial charge in [-0.3, -0.25) is 0 Å². The van der Waals surface area contributed by atoms with E-state index in [0.29, 0.717) is 0 Å². The van der Waals surface area contributed by atoms with E-state index in [4.69, 9.17) is 12.2 Å². The Labute approximate surface area is 286 Å². The van der Waals surface area contributed by atoms with Gasteiger partial charge in [-0.2, -0.15) is 0 Å². The van der Waals surface area contributed by atoms with Crippen LogP contribution in [-0.4, -0.2) is 63.4 Å². The quantitative estimate of drug-likeness (QED) is 0.0971. The van der Waals surface area contributed by atoms with Crippen LogP contribution in [0.4, 0.5) is 15.9 Å². The van der Waals surface area contributed by atoms with Crippen LogP contribution >= 0.6 is 12.2 Å². The van der Waals surface area contributed by atoms with Crippen LogP contribution < -0.4 is 15.3 Å². The SMILES string of the molecule is CN1C(=O)C(=Cc2cc3c([se]2)N2c4ccccc4[Si](C)(C)c4cccc(c42)C32c3ccccc3Cc3ccccc32)C(=O)N(C)C1=S. The number of carbonyl (C=O) groups excluding carboxylic acids is 2. The summed E-state index contributed by atoms with van der Waals surface area (Å²) in [5, 5.41) is 3.08. The molecule has 0 atom stereocenters. The van der Waals surface area contributed by atoms with Crippen LogP contribution in [-0.2, 0) is 21.4 Å². The van der Waals surface area contributed by atoms with Gasteiger partial charge in [0.1, 0.15) is 0 Å². The number of hydrogen-bond acceptors (Lipinski definition) is 4. The van der Waals surface area contributed by atoms with Crippen LogP contribution in [0.2, 0.25) is 13.1 Å². The molecule has 1 fully saturated rings. The Kier molecular flexibility index (Phi) is 6.04. The van der Waals surface area contributed by atoms with E-state index in [-0.39, 0.29) is 37.0 Å². The summed E-state index contributed by atoms with van der Waals surface area (Å²) in [4.78, 5) is 32.3. The van der Waals surface area contributed by atoms with Gasteiger partial charge in [0.15, 0.2) is 0 Å². The average molecular weight is 713 g/mol. The molecule has 47 heavy (non-hydrogen) atoms. The van der Waals surface area contributed by atoms with Crippen LogP contribution in [0.1, 0.15) is 37.8 Å². The third-order valence-corrected chi connectivity index (χ3v) is 17.0. The molecular weight excluding hydrogens is 682 g/mol. The molecule has 4 aromatic carbocycles. The van der Waals surface area contributed by atoms with Gasteiger partial charge in [-0.1, -0.05) is 0 Å². The second-order valence-electron chi connectivity index (χ2n) is 13.4. The van der Waals surface area contributed by atoms with Gasteiger partial charge >= 0.3 is 288 Å². The van der Waals surface area contributed by atoms with Crippen molar-refractivity contribution >= 4 is 84.1 Å². The number of anilines is 3. The molecule has 4 aliphatic rings. The number of thiocarbonyl (C=S) groups is 1. The summed E-state index contributed by atoms with van der Waals surface area (Å²) in [6, 6.07) is 36.0. The number of carbonyl (C=O) groups is 2. The molecule has 1 saturated heterocycles. The van der Waals surface area contributed by atoms with Crippen molar-refractivity contribution in [3.05, 3.63) is 140 Å². The Morgan fingerprint density at radius 1 is 0.745 bits per heavy atom. The molecule has 9 rings (SSSR count). The third-order valence-electron chi connectivity index (χ3n) is 10.6. The van der Waals surface area contributed by atoms with E-state index in [1.807, 2.05) is 6.08 Å². The Bertz CT molecular complexity index is 2220. The molecule has 5 aromatic rings. The maximum absolute atomic E-state index is 13.5. The summed E-state index contributed by atoms with van der Waals surface area (Å²) in [5.74, 6) is -0.714. The number of benzene rings is 4. The number of fused-ring (bicyclic) bond motifs is 10. The Morgan fingerprint density at radius 3 is 2.00 bits per heavy atom. The molecule has 1 spiro atoms. The van der Waals surface area contributed by atoms with E-state index in [1.165, 1.54) is 69.5 Å². The molecule has 2 amide bonds. The van der Waals surface area contributed by atoms with Gasteiger partial charge < -0.3 is 0 Å². The molecule has 4 heterocycles. The van der Waals surface area contributed by atoms with Gasteiger partial charge in [0, 0.05) is 0 Å². The van der Waals surface area contributed by atoms with Crippen molar-refractivity contribution in [1.82, 2.24) is 9.80 Å². The summed E-state index contributed by atoms with van der Waals surface area (Å²) in [6.45, 7) is 4.95. The van der Waals surface area contributed by atoms with Gasteiger partial charge in [-0.25, -0.2) is 0 Å². The molecule has 3 aliphatic heterocycles. The standard InChI is InChI=1S/C39H31N3O2SSeSi/c1-40-35(43)26(36(44)41(2)38(40)45)21-25-22-30-37(46-25)42-31-17-9-10-18-32(31)47(3,4)33-19-11-16-29(34(33)42)39(30)27-14-7-5-12-23(27)20-24-13-6-8-15-28(24)39/h5-19,21-22H,20H2,1-4H3. The Balaban J connectivity index is 1.42. The fourth-order valence-corrected chi connectivity index (χ4v) is 14.1. The third kappa shape index (κ3) is 3.62.